The topological polar surface area (TPSA) is 29.1 Å². The third kappa shape index (κ3) is 4.59. The molecule has 0 aliphatic carbocycles. The number of carbonyl (C=O) groups is 1. The molecule has 0 bridgehead atoms. The van der Waals surface area contributed by atoms with Crippen molar-refractivity contribution in [1.29, 1.82) is 0 Å². The molecule has 11 heavy (non-hydrogen) atoms. The van der Waals surface area contributed by atoms with Crippen molar-refractivity contribution in [3.05, 3.63) is 12.2 Å². The van der Waals surface area contributed by atoms with Crippen molar-refractivity contribution < 1.29 is 4.79 Å². The third-order valence-corrected chi connectivity index (χ3v) is 1.69. The molecule has 2 nitrogen and oxygen atoms in total. The molecule has 0 saturated heterocycles. The monoisotopic (exact) mass is 155 g/mol. The van der Waals surface area contributed by atoms with Crippen LogP contribution in [-0.2, 0) is 4.79 Å². The van der Waals surface area contributed by atoms with E-state index in [1.54, 1.807) is 12.2 Å². The van der Waals surface area contributed by atoms with Crippen molar-refractivity contribution in [2.75, 3.05) is 0 Å². The van der Waals surface area contributed by atoms with Crippen LogP contribution in [0.1, 0.15) is 27.7 Å². The van der Waals surface area contributed by atoms with Crippen LogP contribution in [0.15, 0.2) is 12.2 Å². The van der Waals surface area contributed by atoms with Crippen LogP contribution in [0.4, 0.5) is 0 Å². The van der Waals surface area contributed by atoms with Crippen molar-refractivity contribution in [1.82, 2.24) is 5.32 Å². The Morgan fingerprint density at radius 3 is 2.27 bits per heavy atom. The SMILES string of the molecule is C/C=C\C(=O)NC(C)C(C)C. The molecule has 1 amide bonds. The number of hydrogen-bond donors (Lipinski definition) is 1. The fraction of sp³-hybridized carbons (Fsp3) is 0.667. The fourth-order valence-corrected chi connectivity index (χ4v) is 0.591. The minimum absolute atomic E-state index is 0.00583. The molecule has 0 aliphatic rings. The zero-order valence-corrected chi connectivity index (χ0v) is 7.72. The molecular weight excluding hydrogens is 138 g/mol. The van der Waals surface area contributed by atoms with Crippen LogP contribution in [0.5, 0.6) is 0 Å². The van der Waals surface area contributed by atoms with Gasteiger partial charge in [0, 0.05) is 6.04 Å². The number of rotatable bonds is 3. The van der Waals surface area contributed by atoms with E-state index >= 15 is 0 Å². The highest BCUT2D eigenvalue weighted by Gasteiger charge is 2.07. The first-order chi connectivity index (χ1) is 5.07. The smallest absolute Gasteiger partial charge is 0.243 e. The largest absolute Gasteiger partial charge is 0.350 e. The fourth-order valence-electron chi connectivity index (χ4n) is 0.591. The summed E-state index contributed by atoms with van der Waals surface area (Å²) < 4.78 is 0. The lowest BCUT2D eigenvalue weighted by molar-refractivity contribution is -0.117. The Bertz CT molecular complexity index is 150. The van der Waals surface area contributed by atoms with Gasteiger partial charge in [-0.2, -0.15) is 0 Å². The van der Waals surface area contributed by atoms with Gasteiger partial charge in [0.25, 0.3) is 0 Å². The summed E-state index contributed by atoms with van der Waals surface area (Å²) in [5, 5.41) is 2.85. The maximum atomic E-state index is 11.0. The average Bonchev–Trinajstić information content (AvgIpc) is 1.87. The van der Waals surface area contributed by atoms with Gasteiger partial charge in [0.2, 0.25) is 5.91 Å². The van der Waals surface area contributed by atoms with Gasteiger partial charge in [-0.15, -0.1) is 0 Å². The normalized spacial score (nSPS) is 13.9. The molecule has 0 aromatic heterocycles. The molecule has 0 fully saturated rings. The summed E-state index contributed by atoms with van der Waals surface area (Å²) >= 11 is 0. The van der Waals surface area contributed by atoms with Crippen molar-refractivity contribution in [3.8, 4) is 0 Å². The Morgan fingerprint density at radius 2 is 1.91 bits per heavy atom. The number of hydrogen-bond acceptors (Lipinski definition) is 1. The van der Waals surface area contributed by atoms with Crippen molar-refractivity contribution in [3.63, 3.8) is 0 Å². The van der Waals surface area contributed by atoms with Gasteiger partial charge < -0.3 is 5.32 Å². The van der Waals surface area contributed by atoms with Crippen LogP contribution in [0.3, 0.4) is 0 Å². The van der Waals surface area contributed by atoms with E-state index in [0.29, 0.717) is 5.92 Å². The molecule has 1 unspecified atom stereocenters. The van der Waals surface area contributed by atoms with E-state index in [0.717, 1.165) is 0 Å². The van der Waals surface area contributed by atoms with Crippen LogP contribution < -0.4 is 5.32 Å². The molecule has 0 aromatic rings. The second-order valence-corrected chi connectivity index (χ2v) is 3.04. The van der Waals surface area contributed by atoms with E-state index in [4.69, 9.17) is 0 Å². The molecular formula is C9H17NO. The number of amides is 1. The number of nitrogens with one attached hydrogen (secondary N) is 1. The second-order valence-electron chi connectivity index (χ2n) is 3.04. The minimum Gasteiger partial charge on any atom is -0.350 e. The van der Waals surface area contributed by atoms with E-state index in [1.165, 1.54) is 0 Å². The first-order valence-electron chi connectivity index (χ1n) is 4.01. The van der Waals surface area contributed by atoms with E-state index in [-0.39, 0.29) is 11.9 Å². The summed E-state index contributed by atoms with van der Waals surface area (Å²) in [6.07, 6.45) is 3.28. The highest BCUT2D eigenvalue weighted by molar-refractivity contribution is 5.87. The van der Waals surface area contributed by atoms with Crippen molar-refractivity contribution in [2.45, 2.75) is 33.7 Å². The molecule has 1 N–H and O–H groups in total. The first kappa shape index (κ1) is 10.2. The Labute approximate surface area is 68.7 Å². The molecule has 2 heteroatoms. The van der Waals surface area contributed by atoms with E-state index in [1.807, 2.05) is 13.8 Å². The molecule has 0 radical (unpaired) electrons. The van der Waals surface area contributed by atoms with Crippen LogP contribution in [0.25, 0.3) is 0 Å². The maximum absolute atomic E-state index is 11.0. The Hall–Kier alpha value is -0.790. The Morgan fingerprint density at radius 1 is 1.36 bits per heavy atom. The second kappa shape index (κ2) is 4.94. The summed E-state index contributed by atoms with van der Waals surface area (Å²) in [5.41, 5.74) is 0. The molecule has 1 atom stereocenters. The Kier molecular flexibility index (Phi) is 4.59. The van der Waals surface area contributed by atoms with Gasteiger partial charge in [-0.05, 0) is 25.8 Å². The van der Waals surface area contributed by atoms with Crippen LogP contribution in [-0.4, -0.2) is 11.9 Å². The standard InChI is InChI=1S/C9H17NO/c1-5-6-9(11)10-8(4)7(2)3/h5-8H,1-4H3,(H,10,11)/b6-5-. The first-order valence-corrected chi connectivity index (χ1v) is 4.01. The summed E-state index contributed by atoms with van der Waals surface area (Å²) in [4.78, 5) is 11.0. The number of allylic oxidation sites excluding steroid dienone is 1. The molecule has 0 spiro atoms. The molecule has 0 aromatic carbocycles. The van der Waals surface area contributed by atoms with Gasteiger partial charge in [0.05, 0.1) is 0 Å². The highest BCUT2D eigenvalue weighted by atomic mass is 16.1. The van der Waals surface area contributed by atoms with Crippen molar-refractivity contribution >= 4 is 5.91 Å². The molecule has 64 valence electrons. The minimum atomic E-state index is -0.00583. The van der Waals surface area contributed by atoms with Crippen LogP contribution in [0.2, 0.25) is 0 Å². The quantitative estimate of drug-likeness (QED) is 0.618. The highest BCUT2D eigenvalue weighted by Crippen LogP contribution is 1.98. The summed E-state index contributed by atoms with van der Waals surface area (Å²) in [6.45, 7) is 8.01. The van der Waals surface area contributed by atoms with Gasteiger partial charge in [-0.3, -0.25) is 4.79 Å². The summed E-state index contributed by atoms with van der Waals surface area (Å²) in [5.74, 6) is 0.484. The molecule has 0 rings (SSSR count). The third-order valence-electron chi connectivity index (χ3n) is 1.69. The zero-order valence-electron chi connectivity index (χ0n) is 7.72. The van der Waals surface area contributed by atoms with E-state index in [2.05, 4.69) is 19.2 Å². The van der Waals surface area contributed by atoms with E-state index in [9.17, 15) is 4.79 Å². The lowest BCUT2D eigenvalue weighted by Gasteiger charge is -2.15. The Balaban J connectivity index is 3.75. The molecule has 0 aliphatic heterocycles. The van der Waals surface area contributed by atoms with Gasteiger partial charge in [-0.25, -0.2) is 0 Å². The van der Waals surface area contributed by atoms with Gasteiger partial charge >= 0.3 is 0 Å². The molecule has 0 saturated carbocycles. The average molecular weight is 155 g/mol. The van der Waals surface area contributed by atoms with Crippen molar-refractivity contribution in [2.24, 2.45) is 5.92 Å². The maximum Gasteiger partial charge on any atom is 0.243 e. The van der Waals surface area contributed by atoms with E-state index < -0.39 is 0 Å². The molecule has 0 heterocycles. The summed E-state index contributed by atoms with van der Waals surface area (Å²) in [6, 6.07) is 0.249. The lowest BCUT2D eigenvalue weighted by atomic mass is 10.1. The van der Waals surface area contributed by atoms with Gasteiger partial charge in [-0.1, -0.05) is 19.9 Å². The predicted octanol–water partition coefficient (Wildman–Crippen LogP) is 1.72. The lowest BCUT2D eigenvalue weighted by Crippen LogP contribution is -2.34. The van der Waals surface area contributed by atoms with Crippen LogP contribution >= 0.6 is 0 Å². The predicted molar refractivity (Wildman–Crippen MR) is 47.3 cm³/mol. The van der Waals surface area contributed by atoms with Gasteiger partial charge in [0.1, 0.15) is 0 Å². The van der Waals surface area contributed by atoms with Crippen LogP contribution in [0, 0.1) is 5.92 Å². The zero-order chi connectivity index (χ0) is 8.85. The van der Waals surface area contributed by atoms with Gasteiger partial charge in [0.15, 0.2) is 0 Å². The number of carbonyl (C=O) groups excluding carboxylic acids is 1. The summed E-state index contributed by atoms with van der Waals surface area (Å²) in [7, 11) is 0.